The molecular formula is C14H22BrN3O2. The molecule has 0 saturated carbocycles. The third kappa shape index (κ3) is 4.07. The molecule has 0 aliphatic carbocycles. The average Bonchev–Trinajstić information content (AvgIpc) is 2.50. The molecule has 2 heterocycles. The molecule has 1 aliphatic rings. The van der Waals surface area contributed by atoms with Crippen LogP contribution in [0.3, 0.4) is 0 Å². The van der Waals surface area contributed by atoms with Crippen LogP contribution in [0.1, 0.15) is 19.3 Å². The summed E-state index contributed by atoms with van der Waals surface area (Å²) in [4.78, 5) is 6.58. The quantitative estimate of drug-likeness (QED) is 0.828. The van der Waals surface area contributed by atoms with Crippen LogP contribution < -0.4 is 10.1 Å². The van der Waals surface area contributed by atoms with Gasteiger partial charge in [-0.2, -0.15) is 0 Å². The number of aromatic nitrogens is 1. The molecule has 112 valence electrons. The zero-order chi connectivity index (χ0) is 14.4. The van der Waals surface area contributed by atoms with Crippen molar-refractivity contribution in [2.75, 3.05) is 38.7 Å². The van der Waals surface area contributed by atoms with Crippen molar-refractivity contribution in [3.05, 3.63) is 16.7 Å². The number of aliphatic hydroxyl groups is 1. The Morgan fingerprint density at radius 1 is 1.45 bits per heavy atom. The number of rotatable bonds is 6. The molecule has 1 unspecified atom stereocenters. The second-order valence-corrected chi connectivity index (χ2v) is 5.92. The number of ether oxygens (including phenoxy) is 1. The van der Waals surface area contributed by atoms with Gasteiger partial charge in [-0.1, -0.05) is 6.42 Å². The lowest BCUT2D eigenvalue weighted by atomic mass is 10.1. The van der Waals surface area contributed by atoms with Gasteiger partial charge < -0.3 is 15.2 Å². The smallest absolute Gasteiger partial charge is 0.237 e. The summed E-state index contributed by atoms with van der Waals surface area (Å²) >= 11 is 3.39. The molecule has 0 aromatic carbocycles. The van der Waals surface area contributed by atoms with Gasteiger partial charge in [0.15, 0.2) is 0 Å². The summed E-state index contributed by atoms with van der Waals surface area (Å²) in [5, 5.41) is 12.6. The van der Waals surface area contributed by atoms with E-state index >= 15 is 0 Å². The molecule has 1 saturated heterocycles. The van der Waals surface area contributed by atoms with Crippen LogP contribution in [0.4, 0.5) is 5.69 Å². The number of piperidine rings is 1. The lowest BCUT2D eigenvalue weighted by Crippen LogP contribution is -2.44. The fourth-order valence-corrected chi connectivity index (χ4v) is 2.78. The van der Waals surface area contributed by atoms with Gasteiger partial charge in [-0.25, -0.2) is 4.98 Å². The van der Waals surface area contributed by atoms with Crippen molar-refractivity contribution in [3.8, 4) is 5.88 Å². The van der Waals surface area contributed by atoms with Crippen molar-refractivity contribution in [1.82, 2.24) is 9.88 Å². The summed E-state index contributed by atoms with van der Waals surface area (Å²) < 4.78 is 6.70. The topological polar surface area (TPSA) is 57.6 Å². The Bertz CT molecular complexity index is 425. The van der Waals surface area contributed by atoms with Crippen molar-refractivity contribution >= 4 is 21.6 Å². The first-order valence-corrected chi connectivity index (χ1v) is 7.85. The number of anilines is 1. The lowest BCUT2D eigenvalue weighted by molar-refractivity contribution is 0.0675. The highest BCUT2D eigenvalue weighted by Gasteiger charge is 2.21. The van der Waals surface area contributed by atoms with E-state index in [2.05, 4.69) is 31.1 Å². The van der Waals surface area contributed by atoms with E-state index in [9.17, 15) is 5.11 Å². The molecule has 5 nitrogen and oxygen atoms in total. The Morgan fingerprint density at radius 3 is 2.85 bits per heavy atom. The van der Waals surface area contributed by atoms with Gasteiger partial charge in [0.1, 0.15) is 6.61 Å². The van der Waals surface area contributed by atoms with Gasteiger partial charge in [-0.05, 0) is 47.9 Å². The van der Waals surface area contributed by atoms with E-state index in [1.54, 1.807) is 6.20 Å². The van der Waals surface area contributed by atoms with Gasteiger partial charge in [0, 0.05) is 17.7 Å². The maximum absolute atomic E-state index is 9.56. The van der Waals surface area contributed by atoms with Gasteiger partial charge >= 0.3 is 0 Å². The van der Waals surface area contributed by atoms with Crippen molar-refractivity contribution in [2.24, 2.45) is 0 Å². The van der Waals surface area contributed by atoms with Crippen LogP contribution in [0.15, 0.2) is 16.7 Å². The molecule has 2 N–H and O–H groups in total. The maximum atomic E-state index is 9.56. The minimum Gasteiger partial charge on any atom is -0.474 e. The number of nitrogens with one attached hydrogen (secondary N) is 1. The first kappa shape index (κ1) is 15.5. The van der Waals surface area contributed by atoms with Crippen LogP contribution >= 0.6 is 15.9 Å². The van der Waals surface area contributed by atoms with E-state index in [1.165, 1.54) is 19.3 Å². The van der Waals surface area contributed by atoms with Crippen LogP contribution in [-0.2, 0) is 0 Å². The second kappa shape index (κ2) is 7.81. The van der Waals surface area contributed by atoms with Crippen LogP contribution in [0.5, 0.6) is 5.88 Å². The molecule has 20 heavy (non-hydrogen) atoms. The lowest BCUT2D eigenvalue weighted by Gasteiger charge is -2.33. The highest BCUT2D eigenvalue weighted by Crippen LogP contribution is 2.25. The summed E-state index contributed by atoms with van der Waals surface area (Å²) in [7, 11) is 1.84. The minimum absolute atomic E-state index is 0.0467. The average molecular weight is 344 g/mol. The molecule has 0 spiro atoms. The summed E-state index contributed by atoms with van der Waals surface area (Å²) in [5.41, 5.74) is 0.842. The summed E-state index contributed by atoms with van der Waals surface area (Å²) in [5.74, 6) is 0.575. The molecule has 0 bridgehead atoms. The molecule has 2 rings (SSSR count). The molecule has 1 aromatic heterocycles. The van der Waals surface area contributed by atoms with Crippen molar-refractivity contribution in [3.63, 3.8) is 0 Å². The zero-order valence-electron chi connectivity index (χ0n) is 11.8. The number of pyridine rings is 1. The monoisotopic (exact) mass is 343 g/mol. The van der Waals surface area contributed by atoms with E-state index in [0.717, 1.165) is 23.2 Å². The summed E-state index contributed by atoms with van der Waals surface area (Å²) in [6.07, 6.45) is 5.41. The van der Waals surface area contributed by atoms with Crippen molar-refractivity contribution in [1.29, 1.82) is 0 Å². The normalized spacial score (nSPS) is 17.8. The van der Waals surface area contributed by atoms with E-state index < -0.39 is 0 Å². The van der Waals surface area contributed by atoms with Crippen LogP contribution in [0.2, 0.25) is 0 Å². The Labute approximate surface area is 128 Å². The predicted molar refractivity (Wildman–Crippen MR) is 83.3 cm³/mol. The molecule has 1 aromatic rings. The van der Waals surface area contributed by atoms with Gasteiger partial charge in [0.25, 0.3) is 0 Å². The fraction of sp³-hybridized carbons (Fsp3) is 0.643. The molecule has 0 radical (unpaired) electrons. The standard InChI is InChI=1S/C14H22BrN3O2/c1-16-13-7-11(15)8-17-14(13)20-10-12(9-19)18-5-3-2-4-6-18/h7-8,12,16,19H,2-6,9-10H2,1H3. The van der Waals surface area contributed by atoms with Crippen LogP contribution in [0, 0.1) is 0 Å². The van der Waals surface area contributed by atoms with Crippen molar-refractivity contribution < 1.29 is 9.84 Å². The first-order chi connectivity index (χ1) is 9.74. The summed E-state index contributed by atoms with van der Waals surface area (Å²) in [6.45, 7) is 2.66. The highest BCUT2D eigenvalue weighted by molar-refractivity contribution is 9.10. The number of likely N-dealkylation sites (tertiary alicyclic amines) is 1. The van der Waals surface area contributed by atoms with Crippen LogP contribution in [0.25, 0.3) is 0 Å². The third-order valence-electron chi connectivity index (χ3n) is 3.62. The molecule has 0 amide bonds. The Hall–Kier alpha value is -0.850. The second-order valence-electron chi connectivity index (χ2n) is 5.00. The van der Waals surface area contributed by atoms with Gasteiger partial charge in [0.05, 0.1) is 18.3 Å². The predicted octanol–water partition coefficient (Wildman–Crippen LogP) is 2.11. The highest BCUT2D eigenvalue weighted by atomic mass is 79.9. The van der Waals surface area contributed by atoms with E-state index in [-0.39, 0.29) is 12.6 Å². The molecule has 1 atom stereocenters. The van der Waals surface area contributed by atoms with Gasteiger partial charge in [0.2, 0.25) is 5.88 Å². The first-order valence-electron chi connectivity index (χ1n) is 7.05. The Morgan fingerprint density at radius 2 is 2.20 bits per heavy atom. The van der Waals surface area contributed by atoms with Gasteiger partial charge in [-0.3, -0.25) is 4.90 Å². The molecular weight excluding hydrogens is 322 g/mol. The van der Waals surface area contributed by atoms with E-state index in [0.29, 0.717) is 12.5 Å². The molecule has 1 fully saturated rings. The largest absolute Gasteiger partial charge is 0.474 e. The number of nitrogens with zero attached hydrogens (tertiary/aromatic N) is 2. The minimum atomic E-state index is 0.0467. The Kier molecular flexibility index (Phi) is 6.06. The van der Waals surface area contributed by atoms with E-state index in [4.69, 9.17) is 4.74 Å². The van der Waals surface area contributed by atoms with Crippen LogP contribution in [-0.4, -0.2) is 54.4 Å². The third-order valence-corrected chi connectivity index (χ3v) is 4.05. The van der Waals surface area contributed by atoms with Crippen molar-refractivity contribution in [2.45, 2.75) is 25.3 Å². The number of hydrogen-bond donors (Lipinski definition) is 2. The number of aliphatic hydroxyl groups excluding tert-OH is 1. The molecule has 6 heteroatoms. The van der Waals surface area contributed by atoms with E-state index in [1.807, 2.05) is 13.1 Å². The number of hydrogen-bond acceptors (Lipinski definition) is 5. The number of halogens is 1. The Balaban J connectivity index is 1.95. The fourth-order valence-electron chi connectivity index (χ4n) is 2.45. The SMILES string of the molecule is CNc1cc(Br)cnc1OCC(CO)N1CCCCC1. The summed E-state index contributed by atoms with van der Waals surface area (Å²) in [6, 6.07) is 1.97. The zero-order valence-corrected chi connectivity index (χ0v) is 13.4. The van der Waals surface area contributed by atoms with Gasteiger partial charge in [-0.15, -0.1) is 0 Å². The molecule has 1 aliphatic heterocycles. The maximum Gasteiger partial charge on any atom is 0.237 e.